The van der Waals surface area contributed by atoms with Gasteiger partial charge in [-0.25, -0.2) is 4.98 Å². The van der Waals surface area contributed by atoms with Crippen molar-refractivity contribution < 1.29 is 0 Å². The number of hydrogen-bond acceptors (Lipinski definition) is 2. The number of rotatable bonds is 4. The van der Waals surface area contributed by atoms with Gasteiger partial charge in [0.15, 0.2) is 5.82 Å². The average Bonchev–Trinajstić information content (AvgIpc) is 3.05. The largest absolute Gasteiger partial charge is 0.355 e. The molecule has 1 saturated carbocycles. The van der Waals surface area contributed by atoms with Gasteiger partial charge in [-0.05, 0) is 62.6 Å². The van der Waals surface area contributed by atoms with Crippen LogP contribution < -0.4 is 4.90 Å². The van der Waals surface area contributed by atoms with Crippen LogP contribution in [0.2, 0.25) is 0 Å². The predicted octanol–water partition coefficient (Wildman–Crippen LogP) is 7.23. The van der Waals surface area contributed by atoms with Crippen LogP contribution in [0.5, 0.6) is 0 Å². The molecule has 1 unspecified atom stereocenters. The quantitative estimate of drug-likeness (QED) is 0.417. The Balaban J connectivity index is 0.00000245. The standard InChI is InChI=1S/C28H37N3.ClH/c1-20-9-7-10-23(17-20)18-31-22(3)21(2)26-14-15-29-28(27(26)31)30-16-8-13-25(19-30)24-11-5-4-6-12-24;/h7,9-10,14-15,17,24-25H,4-6,8,11-13,16,18-19H2,1-3H3;1H. The topological polar surface area (TPSA) is 21.1 Å². The van der Waals surface area contributed by atoms with Crippen molar-refractivity contribution in [1.82, 2.24) is 9.55 Å². The van der Waals surface area contributed by atoms with E-state index < -0.39 is 0 Å². The van der Waals surface area contributed by atoms with Gasteiger partial charge in [-0.2, -0.15) is 0 Å². The Labute approximate surface area is 199 Å². The fourth-order valence-corrected chi connectivity index (χ4v) is 6.19. The normalized spacial score (nSPS) is 19.8. The molecule has 1 aromatic carbocycles. The molecule has 5 rings (SSSR count). The summed E-state index contributed by atoms with van der Waals surface area (Å²) in [5.74, 6) is 2.98. The van der Waals surface area contributed by atoms with Crippen molar-refractivity contribution in [1.29, 1.82) is 0 Å². The molecule has 1 saturated heterocycles. The van der Waals surface area contributed by atoms with Crippen LogP contribution in [0.4, 0.5) is 5.82 Å². The number of pyridine rings is 1. The minimum atomic E-state index is 0. The van der Waals surface area contributed by atoms with E-state index in [1.54, 1.807) is 0 Å². The van der Waals surface area contributed by atoms with Gasteiger partial charge < -0.3 is 9.47 Å². The SMILES string of the molecule is Cc1cccc(Cn2c(C)c(C)c3ccnc(N4CCCC(C5CCCCC5)C4)c32)c1.Cl. The third kappa shape index (κ3) is 4.41. The van der Waals surface area contributed by atoms with Crippen LogP contribution in [0.3, 0.4) is 0 Å². The molecule has 3 heterocycles. The summed E-state index contributed by atoms with van der Waals surface area (Å²) in [6.45, 7) is 9.97. The summed E-state index contributed by atoms with van der Waals surface area (Å²) in [6, 6.07) is 11.1. The first kappa shape index (κ1) is 23.2. The number of benzene rings is 1. The van der Waals surface area contributed by atoms with Crippen molar-refractivity contribution in [2.75, 3.05) is 18.0 Å². The van der Waals surface area contributed by atoms with E-state index in [9.17, 15) is 0 Å². The number of piperidine rings is 1. The number of hydrogen-bond donors (Lipinski definition) is 0. The Morgan fingerprint density at radius 3 is 2.50 bits per heavy atom. The van der Waals surface area contributed by atoms with Gasteiger partial charge in [0.25, 0.3) is 0 Å². The van der Waals surface area contributed by atoms with E-state index >= 15 is 0 Å². The highest BCUT2D eigenvalue weighted by Crippen LogP contribution is 2.38. The smallest absolute Gasteiger partial charge is 0.153 e. The molecule has 1 aliphatic carbocycles. The van der Waals surface area contributed by atoms with Gasteiger partial charge in [-0.3, -0.25) is 0 Å². The average molecular weight is 452 g/mol. The molecule has 3 aromatic rings. The van der Waals surface area contributed by atoms with Gasteiger partial charge in [0.2, 0.25) is 0 Å². The lowest BCUT2D eigenvalue weighted by molar-refractivity contribution is 0.220. The number of anilines is 1. The van der Waals surface area contributed by atoms with Crippen LogP contribution >= 0.6 is 12.4 Å². The van der Waals surface area contributed by atoms with E-state index in [1.165, 1.54) is 90.6 Å². The zero-order valence-electron chi connectivity index (χ0n) is 19.9. The number of nitrogens with zero attached hydrogens (tertiary/aromatic N) is 3. The molecule has 1 aliphatic heterocycles. The lowest BCUT2D eigenvalue weighted by Gasteiger charge is -2.39. The van der Waals surface area contributed by atoms with Crippen molar-refractivity contribution in [2.24, 2.45) is 11.8 Å². The number of fused-ring (bicyclic) bond motifs is 1. The third-order valence-corrected chi connectivity index (χ3v) is 8.02. The first-order chi connectivity index (χ1) is 15.1. The summed E-state index contributed by atoms with van der Waals surface area (Å²) in [4.78, 5) is 7.61. The molecule has 1 atom stereocenters. The molecule has 2 aromatic heterocycles. The van der Waals surface area contributed by atoms with Gasteiger partial charge in [0.1, 0.15) is 0 Å². The molecule has 0 radical (unpaired) electrons. The first-order valence-corrected chi connectivity index (χ1v) is 12.4. The highest BCUT2D eigenvalue weighted by atomic mass is 35.5. The molecular formula is C28H38ClN3. The lowest BCUT2D eigenvalue weighted by Crippen LogP contribution is -2.39. The zero-order chi connectivity index (χ0) is 21.4. The van der Waals surface area contributed by atoms with E-state index in [0.29, 0.717) is 0 Å². The Hall–Kier alpha value is -2.00. The second-order valence-electron chi connectivity index (χ2n) is 10.1. The fraction of sp³-hybridized carbons (Fsp3) is 0.536. The summed E-state index contributed by atoms with van der Waals surface area (Å²) < 4.78 is 2.52. The van der Waals surface area contributed by atoms with Gasteiger partial charge in [0, 0.05) is 36.9 Å². The van der Waals surface area contributed by atoms with Gasteiger partial charge >= 0.3 is 0 Å². The number of aromatic nitrogens is 2. The van der Waals surface area contributed by atoms with Crippen molar-refractivity contribution in [3.8, 4) is 0 Å². The molecule has 4 heteroatoms. The van der Waals surface area contributed by atoms with Crippen molar-refractivity contribution >= 4 is 29.1 Å². The molecule has 0 N–H and O–H groups in total. The summed E-state index contributed by atoms with van der Waals surface area (Å²) in [5.41, 5.74) is 6.80. The van der Waals surface area contributed by atoms with Crippen LogP contribution in [-0.4, -0.2) is 22.6 Å². The maximum absolute atomic E-state index is 4.99. The van der Waals surface area contributed by atoms with Crippen LogP contribution in [0.15, 0.2) is 36.5 Å². The molecule has 2 aliphatic rings. The second-order valence-corrected chi connectivity index (χ2v) is 10.1. The van der Waals surface area contributed by atoms with Crippen LogP contribution in [0, 0.1) is 32.6 Å². The van der Waals surface area contributed by atoms with Crippen molar-refractivity contribution in [3.05, 3.63) is 58.9 Å². The Morgan fingerprint density at radius 1 is 0.938 bits per heavy atom. The van der Waals surface area contributed by atoms with Gasteiger partial charge in [-0.1, -0.05) is 61.9 Å². The predicted molar refractivity (Wildman–Crippen MR) is 138 cm³/mol. The maximum Gasteiger partial charge on any atom is 0.153 e. The van der Waals surface area contributed by atoms with E-state index in [0.717, 1.165) is 24.9 Å². The van der Waals surface area contributed by atoms with E-state index in [4.69, 9.17) is 4.98 Å². The van der Waals surface area contributed by atoms with Crippen molar-refractivity contribution in [3.63, 3.8) is 0 Å². The maximum atomic E-state index is 4.99. The van der Waals surface area contributed by atoms with Gasteiger partial charge in [-0.15, -0.1) is 12.4 Å². The summed E-state index contributed by atoms with van der Waals surface area (Å²) >= 11 is 0. The highest BCUT2D eigenvalue weighted by Gasteiger charge is 2.30. The van der Waals surface area contributed by atoms with E-state index in [1.807, 2.05) is 6.20 Å². The fourth-order valence-electron chi connectivity index (χ4n) is 6.19. The molecule has 3 nitrogen and oxygen atoms in total. The van der Waals surface area contributed by atoms with Crippen LogP contribution in [0.25, 0.3) is 10.9 Å². The highest BCUT2D eigenvalue weighted by molar-refractivity contribution is 5.93. The van der Waals surface area contributed by atoms with Crippen LogP contribution in [-0.2, 0) is 6.54 Å². The van der Waals surface area contributed by atoms with Crippen molar-refractivity contribution in [2.45, 2.75) is 72.3 Å². The monoisotopic (exact) mass is 451 g/mol. The Kier molecular flexibility index (Phi) is 7.14. The molecule has 0 spiro atoms. The summed E-state index contributed by atoms with van der Waals surface area (Å²) in [5, 5.41) is 1.37. The minimum Gasteiger partial charge on any atom is -0.355 e. The lowest BCUT2D eigenvalue weighted by atomic mass is 9.76. The van der Waals surface area contributed by atoms with E-state index in [-0.39, 0.29) is 12.4 Å². The second kappa shape index (κ2) is 9.87. The number of aryl methyl sites for hydroxylation is 2. The molecule has 172 valence electrons. The molecule has 0 bridgehead atoms. The molecular weight excluding hydrogens is 414 g/mol. The third-order valence-electron chi connectivity index (χ3n) is 8.02. The molecule has 32 heavy (non-hydrogen) atoms. The summed E-state index contributed by atoms with van der Waals surface area (Å²) in [6.07, 6.45) is 11.9. The van der Waals surface area contributed by atoms with Crippen LogP contribution in [0.1, 0.15) is 67.3 Å². The molecule has 0 amide bonds. The minimum absolute atomic E-state index is 0. The Morgan fingerprint density at radius 2 is 1.72 bits per heavy atom. The number of halogens is 1. The first-order valence-electron chi connectivity index (χ1n) is 12.4. The van der Waals surface area contributed by atoms with Gasteiger partial charge in [0.05, 0.1) is 5.52 Å². The summed E-state index contributed by atoms with van der Waals surface area (Å²) in [7, 11) is 0. The molecule has 2 fully saturated rings. The zero-order valence-corrected chi connectivity index (χ0v) is 20.8. The Bertz CT molecular complexity index is 1060. The van der Waals surface area contributed by atoms with E-state index in [2.05, 4.69) is 60.6 Å².